The zero-order valence-corrected chi connectivity index (χ0v) is 17.6. The lowest BCUT2D eigenvalue weighted by molar-refractivity contribution is -0.128. The molecule has 1 aliphatic rings. The van der Waals surface area contributed by atoms with Gasteiger partial charge in [0.05, 0.1) is 17.6 Å². The van der Waals surface area contributed by atoms with Gasteiger partial charge < -0.3 is 20.3 Å². The van der Waals surface area contributed by atoms with Crippen LogP contribution in [0.2, 0.25) is 0 Å². The third-order valence-electron chi connectivity index (χ3n) is 4.78. The minimum absolute atomic E-state index is 0.164. The molecule has 0 radical (unpaired) electrons. The molecule has 0 bridgehead atoms. The van der Waals surface area contributed by atoms with Crippen molar-refractivity contribution < 1.29 is 14.3 Å². The molecule has 1 unspecified atom stereocenters. The average molecular weight is 446 g/mol. The van der Waals surface area contributed by atoms with Gasteiger partial charge in [0.15, 0.2) is 0 Å². The Hall–Kier alpha value is -2.54. The molecule has 1 aliphatic heterocycles. The summed E-state index contributed by atoms with van der Waals surface area (Å²) in [6, 6.07) is 12.8. The van der Waals surface area contributed by atoms with Crippen molar-refractivity contribution in [3.05, 3.63) is 58.1 Å². The van der Waals surface area contributed by atoms with Crippen molar-refractivity contribution in [2.24, 2.45) is 0 Å². The zero-order valence-electron chi connectivity index (χ0n) is 16.0. The number of methoxy groups -OCH3 is 1. The van der Waals surface area contributed by atoms with Crippen LogP contribution in [0.25, 0.3) is 0 Å². The molecule has 7 heteroatoms. The minimum Gasteiger partial charge on any atom is -0.496 e. The topological polar surface area (TPSA) is 70.7 Å². The van der Waals surface area contributed by atoms with E-state index in [1.165, 1.54) is 0 Å². The van der Waals surface area contributed by atoms with Gasteiger partial charge in [-0.1, -0.05) is 18.2 Å². The monoisotopic (exact) mass is 445 g/mol. The van der Waals surface area contributed by atoms with Crippen LogP contribution in [0, 0.1) is 0 Å². The Morgan fingerprint density at radius 1 is 1.25 bits per heavy atom. The molecule has 0 spiro atoms. The molecule has 0 saturated carbocycles. The summed E-state index contributed by atoms with van der Waals surface area (Å²) < 4.78 is 6.07. The number of nitrogens with zero attached hydrogens (tertiary/aromatic N) is 1. The molecular weight excluding hydrogens is 422 g/mol. The lowest BCUT2D eigenvalue weighted by Gasteiger charge is -2.17. The smallest absolute Gasteiger partial charge is 0.319 e. The van der Waals surface area contributed by atoms with E-state index in [1.807, 2.05) is 54.3 Å². The number of carbonyl (C=O) groups is 2. The Morgan fingerprint density at radius 2 is 2.00 bits per heavy atom. The van der Waals surface area contributed by atoms with E-state index in [1.54, 1.807) is 7.11 Å². The third-order valence-corrected chi connectivity index (χ3v) is 5.40. The first-order valence-corrected chi connectivity index (χ1v) is 10.0. The van der Waals surface area contributed by atoms with Crippen molar-refractivity contribution in [1.29, 1.82) is 0 Å². The van der Waals surface area contributed by atoms with Gasteiger partial charge in [-0.05, 0) is 64.7 Å². The van der Waals surface area contributed by atoms with Crippen LogP contribution in [0.5, 0.6) is 5.75 Å². The van der Waals surface area contributed by atoms with Gasteiger partial charge in [0.2, 0.25) is 5.91 Å². The number of amides is 3. The molecule has 1 atom stereocenters. The van der Waals surface area contributed by atoms with Gasteiger partial charge in [-0.25, -0.2) is 4.79 Å². The summed E-state index contributed by atoms with van der Waals surface area (Å²) in [6.07, 6.45) is 1.57. The summed E-state index contributed by atoms with van der Waals surface area (Å²) in [5.41, 5.74) is 2.73. The fraction of sp³-hybridized carbons (Fsp3) is 0.333. The number of hydrogen-bond donors (Lipinski definition) is 2. The second kappa shape index (κ2) is 9.10. The van der Waals surface area contributed by atoms with Crippen molar-refractivity contribution in [2.45, 2.75) is 32.4 Å². The SMILES string of the molecule is COc1ccc(C(C)NC(=O)Nc2ccc(CN3CCCC3=O)cc2)cc1Br. The van der Waals surface area contributed by atoms with Crippen molar-refractivity contribution in [2.75, 3.05) is 19.0 Å². The molecule has 2 aromatic rings. The summed E-state index contributed by atoms with van der Waals surface area (Å²) >= 11 is 3.46. The van der Waals surface area contributed by atoms with Gasteiger partial charge in [-0.2, -0.15) is 0 Å². The summed E-state index contributed by atoms with van der Waals surface area (Å²) in [6.45, 7) is 3.36. The van der Waals surface area contributed by atoms with Crippen molar-refractivity contribution >= 4 is 33.6 Å². The van der Waals surface area contributed by atoms with Crippen molar-refractivity contribution in [3.63, 3.8) is 0 Å². The number of anilines is 1. The molecule has 3 rings (SSSR count). The molecular formula is C21H24BrN3O3. The van der Waals surface area contributed by atoms with E-state index in [0.717, 1.165) is 34.3 Å². The van der Waals surface area contributed by atoms with Gasteiger partial charge in [-0.15, -0.1) is 0 Å². The Kier molecular flexibility index (Phi) is 6.57. The van der Waals surface area contributed by atoms with E-state index in [2.05, 4.69) is 26.6 Å². The Morgan fingerprint density at radius 3 is 2.61 bits per heavy atom. The molecule has 3 amide bonds. The van der Waals surface area contributed by atoms with Crippen molar-refractivity contribution in [3.8, 4) is 5.75 Å². The first-order chi connectivity index (χ1) is 13.5. The Labute approximate surface area is 173 Å². The largest absolute Gasteiger partial charge is 0.496 e. The number of hydrogen-bond acceptors (Lipinski definition) is 3. The maximum absolute atomic E-state index is 12.3. The molecule has 0 aromatic heterocycles. The number of benzene rings is 2. The van der Waals surface area contributed by atoms with Gasteiger partial charge >= 0.3 is 6.03 Å². The highest BCUT2D eigenvalue weighted by Gasteiger charge is 2.19. The Balaban J connectivity index is 1.54. The second-order valence-electron chi connectivity index (χ2n) is 6.83. The van der Waals surface area contributed by atoms with Crippen molar-refractivity contribution in [1.82, 2.24) is 10.2 Å². The van der Waals surface area contributed by atoms with Crippen LogP contribution >= 0.6 is 15.9 Å². The number of nitrogens with one attached hydrogen (secondary N) is 2. The van der Waals surface area contributed by atoms with Gasteiger partial charge in [0, 0.05) is 25.2 Å². The van der Waals surface area contributed by atoms with E-state index in [9.17, 15) is 9.59 Å². The predicted molar refractivity (Wildman–Crippen MR) is 112 cm³/mol. The van der Waals surface area contributed by atoms with E-state index < -0.39 is 0 Å². The zero-order chi connectivity index (χ0) is 20.1. The van der Waals surface area contributed by atoms with Crippen LogP contribution in [-0.4, -0.2) is 30.5 Å². The van der Waals surface area contributed by atoms with E-state index in [-0.39, 0.29) is 18.0 Å². The summed E-state index contributed by atoms with van der Waals surface area (Å²) in [7, 11) is 1.61. The third kappa shape index (κ3) is 5.04. The van der Waals surface area contributed by atoms with E-state index in [4.69, 9.17) is 4.74 Å². The van der Waals surface area contributed by atoms with Crippen LogP contribution in [-0.2, 0) is 11.3 Å². The molecule has 2 N–H and O–H groups in total. The first kappa shape index (κ1) is 20.2. The maximum Gasteiger partial charge on any atom is 0.319 e. The minimum atomic E-state index is -0.276. The lowest BCUT2D eigenvalue weighted by Crippen LogP contribution is -2.31. The molecule has 6 nitrogen and oxygen atoms in total. The molecule has 2 aromatic carbocycles. The first-order valence-electron chi connectivity index (χ1n) is 9.24. The number of rotatable bonds is 6. The fourth-order valence-corrected chi connectivity index (χ4v) is 3.74. The fourth-order valence-electron chi connectivity index (χ4n) is 3.18. The van der Waals surface area contributed by atoms with Gasteiger partial charge in [0.1, 0.15) is 5.75 Å². The maximum atomic E-state index is 12.3. The van der Waals surface area contributed by atoms with Crippen LogP contribution in [0.3, 0.4) is 0 Å². The molecule has 1 heterocycles. The van der Waals surface area contributed by atoms with E-state index in [0.29, 0.717) is 18.7 Å². The molecule has 1 saturated heterocycles. The molecule has 0 aliphatic carbocycles. The predicted octanol–water partition coefficient (Wildman–Crippen LogP) is 4.46. The Bertz CT molecular complexity index is 854. The average Bonchev–Trinajstić information content (AvgIpc) is 3.07. The summed E-state index contributed by atoms with van der Waals surface area (Å²) in [5.74, 6) is 0.955. The highest BCUT2D eigenvalue weighted by Crippen LogP contribution is 2.28. The normalized spacial score (nSPS) is 14.7. The number of ether oxygens (including phenoxy) is 1. The van der Waals surface area contributed by atoms with Gasteiger partial charge in [0.25, 0.3) is 0 Å². The van der Waals surface area contributed by atoms with Crippen LogP contribution in [0.4, 0.5) is 10.5 Å². The van der Waals surface area contributed by atoms with Crippen LogP contribution in [0.1, 0.15) is 36.9 Å². The number of urea groups is 1. The molecule has 148 valence electrons. The quantitative estimate of drug-likeness (QED) is 0.688. The summed E-state index contributed by atoms with van der Waals surface area (Å²) in [4.78, 5) is 25.9. The number of likely N-dealkylation sites (tertiary alicyclic amines) is 1. The standard InChI is InChI=1S/C21H24BrN3O3/c1-14(16-7-10-19(28-2)18(22)12-16)23-21(27)24-17-8-5-15(6-9-17)13-25-11-3-4-20(25)26/h5-10,12,14H,3-4,11,13H2,1-2H3,(H2,23,24,27). The van der Waals surface area contributed by atoms with E-state index >= 15 is 0 Å². The van der Waals surface area contributed by atoms with Gasteiger partial charge in [-0.3, -0.25) is 4.79 Å². The van der Waals surface area contributed by atoms with Crippen LogP contribution < -0.4 is 15.4 Å². The molecule has 28 heavy (non-hydrogen) atoms. The lowest BCUT2D eigenvalue weighted by atomic mass is 10.1. The second-order valence-corrected chi connectivity index (χ2v) is 7.68. The number of halogens is 1. The molecule has 1 fully saturated rings. The summed E-state index contributed by atoms with van der Waals surface area (Å²) in [5, 5.41) is 5.77. The number of carbonyl (C=O) groups excluding carboxylic acids is 2. The van der Waals surface area contributed by atoms with Crippen LogP contribution in [0.15, 0.2) is 46.9 Å². The highest BCUT2D eigenvalue weighted by molar-refractivity contribution is 9.10. The highest BCUT2D eigenvalue weighted by atomic mass is 79.9.